The molecule has 6 saturated carbocycles. The molecule has 0 radical (unpaired) electrons. The molecule has 6 rings (SSSR count). The largest absolute Gasteiger partial charge is 0.128 e. The minimum absolute atomic E-state index is 0.665. The Hall–Kier alpha value is 0.0649. The Morgan fingerprint density at radius 3 is 1.33 bits per heavy atom. The van der Waals surface area contributed by atoms with Crippen molar-refractivity contribution in [1.29, 1.82) is 0 Å². The van der Waals surface area contributed by atoms with Crippen molar-refractivity contribution in [3.63, 3.8) is 0 Å². The van der Waals surface area contributed by atoms with Gasteiger partial charge in [0.05, 0.1) is 0 Å². The van der Waals surface area contributed by atoms with Gasteiger partial charge in [0.25, 0.3) is 0 Å². The summed E-state index contributed by atoms with van der Waals surface area (Å²) in [6.07, 6.45) is 6.19. The standard InChI is InChI=1S/C20H35B/c1-11-15-7-13(19(15,3)4)9-17(11)21-18-10-14-8-16(12(18)2)20(14,5)6/h11-18,21H,7-10H2,1-6H3/t11?,12?,13-,14-,15+,16?,17?,18?/m0/s1. The van der Waals surface area contributed by atoms with Gasteiger partial charge in [-0.15, -0.1) is 0 Å². The maximum absolute atomic E-state index is 2.59. The Kier molecular flexibility index (Phi) is 3.02. The summed E-state index contributed by atoms with van der Waals surface area (Å²) < 4.78 is 0. The van der Waals surface area contributed by atoms with E-state index in [0.29, 0.717) is 10.8 Å². The second kappa shape index (κ2) is 4.32. The summed E-state index contributed by atoms with van der Waals surface area (Å²) in [5.41, 5.74) is 1.33. The Morgan fingerprint density at radius 2 is 1.05 bits per heavy atom. The summed E-state index contributed by atoms with van der Waals surface area (Å²) >= 11 is 0. The zero-order chi connectivity index (χ0) is 15.2. The first-order chi connectivity index (χ1) is 9.73. The van der Waals surface area contributed by atoms with Gasteiger partial charge in [-0.05, 0) is 59.2 Å². The summed E-state index contributed by atoms with van der Waals surface area (Å²) in [5, 5.41) is 0. The van der Waals surface area contributed by atoms with E-state index in [0.717, 1.165) is 47.1 Å². The van der Waals surface area contributed by atoms with E-state index < -0.39 is 0 Å². The van der Waals surface area contributed by atoms with Crippen LogP contribution in [0.15, 0.2) is 0 Å². The van der Waals surface area contributed by atoms with Crippen LogP contribution in [0.2, 0.25) is 11.6 Å². The molecule has 0 N–H and O–H groups in total. The van der Waals surface area contributed by atoms with Crippen molar-refractivity contribution >= 4 is 7.28 Å². The van der Waals surface area contributed by atoms with Gasteiger partial charge in [0.2, 0.25) is 0 Å². The lowest BCUT2D eigenvalue weighted by atomic mass is 9.31. The molecule has 6 aliphatic carbocycles. The van der Waals surface area contributed by atoms with E-state index in [9.17, 15) is 0 Å². The first-order valence-electron chi connectivity index (χ1n) is 9.73. The SMILES string of the molecule is CC1C(BC2C[C@@H]3C[C@H](C2C)C3(C)C)C[C@@H]2CC1C2(C)C. The maximum Gasteiger partial charge on any atom is 0.128 e. The molecule has 118 valence electrons. The summed E-state index contributed by atoms with van der Waals surface area (Å²) in [5.74, 6) is 8.25. The van der Waals surface area contributed by atoms with Crippen LogP contribution in [0.1, 0.15) is 67.2 Å². The van der Waals surface area contributed by atoms with Crippen LogP contribution in [0, 0.1) is 46.3 Å². The van der Waals surface area contributed by atoms with Crippen LogP contribution < -0.4 is 0 Å². The van der Waals surface area contributed by atoms with Gasteiger partial charge < -0.3 is 0 Å². The number of hydrogen-bond donors (Lipinski definition) is 0. The molecule has 0 aromatic carbocycles. The summed E-state index contributed by atoms with van der Waals surface area (Å²) in [6.45, 7) is 15.3. The first kappa shape index (κ1) is 14.6. The molecule has 0 aromatic heterocycles. The van der Waals surface area contributed by atoms with Crippen molar-refractivity contribution in [3.8, 4) is 0 Å². The molecular weight excluding hydrogens is 251 g/mol. The second-order valence-electron chi connectivity index (χ2n) is 10.7. The zero-order valence-corrected chi connectivity index (χ0v) is 15.2. The van der Waals surface area contributed by atoms with Crippen LogP contribution in [-0.4, -0.2) is 7.28 Å². The molecule has 0 heterocycles. The minimum Gasteiger partial charge on any atom is -0.0626 e. The topological polar surface area (TPSA) is 0 Å². The number of hydrogen-bond acceptors (Lipinski definition) is 0. The van der Waals surface area contributed by atoms with Gasteiger partial charge in [-0.2, -0.15) is 0 Å². The number of fused-ring (bicyclic) bond motifs is 4. The molecule has 0 aromatic rings. The van der Waals surface area contributed by atoms with Crippen LogP contribution in [-0.2, 0) is 0 Å². The van der Waals surface area contributed by atoms with E-state index in [2.05, 4.69) is 41.5 Å². The summed E-state index contributed by atoms with van der Waals surface area (Å²) in [6, 6.07) is 0. The molecular formula is C20H35B. The van der Waals surface area contributed by atoms with Crippen LogP contribution in [0.3, 0.4) is 0 Å². The molecule has 5 unspecified atom stereocenters. The van der Waals surface area contributed by atoms with Crippen molar-refractivity contribution in [2.24, 2.45) is 46.3 Å². The Balaban J connectivity index is 1.42. The Labute approximate surface area is 133 Å². The van der Waals surface area contributed by atoms with Gasteiger partial charge in [-0.25, -0.2) is 0 Å². The third kappa shape index (κ3) is 1.81. The monoisotopic (exact) mass is 286 g/mol. The molecule has 0 aliphatic heterocycles. The molecule has 0 saturated heterocycles. The zero-order valence-electron chi connectivity index (χ0n) is 15.2. The van der Waals surface area contributed by atoms with Crippen LogP contribution in [0.4, 0.5) is 0 Å². The smallest absolute Gasteiger partial charge is 0.0626 e. The first-order valence-corrected chi connectivity index (χ1v) is 9.73. The van der Waals surface area contributed by atoms with E-state index >= 15 is 0 Å². The molecule has 0 amide bonds. The second-order valence-corrected chi connectivity index (χ2v) is 10.7. The Bertz CT molecular complexity index is 397. The van der Waals surface area contributed by atoms with Gasteiger partial charge >= 0.3 is 0 Å². The fourth-order valence-electron chi connectivity index (χ4n) is 7.52. The highest BCUT2D eigenvalue weighted by molar-refractivity contribution is 6.40. The molecule has 6 aliphatic rings. The Morgan fingerprint density at radius 1 is 0.667 bits per heavy atom. The van der Waals surface area contributed by atoms with E-state index in [1.54, 1.807) is 33.0 Å². The van der Waals surface area contributed by atoms with Gasteiger partial charge in [0, 0.05) is 0 Å². The fourth-order valence-corrected chi connectivity index (χ4v) is 7.52. The maximum atomic E-state index is 2.59. The van der Waals surface area contributed by atoms with Crippen molar-refractivity contribution < 1.29 is 0 Å². The lowest BCUT2D eigenvalue weighted by molar-refractivity contribution is -0.106. The van der Waals surface area contributed by atoms with Gasteiger partial charge in [0.15, 0.2) is 0 Å². The summed E-state index contributed by atoms with van der Waals surface area (Å²) in [4.78, 5) is 0. The third-order valence-electron chi connectivity index (χ3n) is 9.63. The highest BCUT2D eigenvalue weighted by Gasteiger charge is 2.59. The predicted octanol–water partition coefficient (Wildman–Crippen LogP) is 5.40. The third-order valence-corrected chi connectivity index (χ3v) is 9.63. The average molecular weight is 286 g/mol. The van der Waals surface area contributed by atoms with E-state index in [4.69, 9.17) is 0 Å². The van der Waals surface area contributed by atoms with Crippen molar-refractivity contribution in [2.45, 2.75) is 78.9 Å². The predicted molar refractivity (Wildman–Crippen MR) is 93.0 cm³/mol. The average Bonchev–Trinajstić information content (AvgIpc) is 2.41. The molecule has 4 bridgehead atoms. The highest BCUT2D eigenvalue weighted by atomic mass is 14.6. The van der Waals surface area contributed by atoms with Crippen LogP contribution in [0.5, 0.6) is 0 Å². The normalized spacial score (nSPS) is 56.1. The van der Waals surface area contributed by atoms with Crippen molar-refractivity contribution in [2.75, 3.05) is 0 Å². The van der Waals surface area contributed by atoms with Crippen molar-refractivity contribution in [3.05, 3.63) is 0 Å². The molecule has 0 nitrogen and oxygen atoms in total. The highest BCUT2D eigenvalue weighted by Crippen LogP contribution is 2.68. The van der Waals surface area contributed by atoms with E-state index in [-0.39, 0.29) is 0 Å². The molecule has 8 atom stereocenters. The number of rotatable bonds is 2. The van der Waals surface area contributed by atoms with E-state index in [1.807, 2.05) is 0 Å². The quantitative estimate of drug-likeness (QED) is 0.596. The molecule has 21 heavy (non-hydrogen) atoms. The lowest BCUT2D eigenvalue weighted by Crippen LogP contribution is -2.57. The van der Waals surface area contributed by atoms with Gasteiger partial charge in [-0.3, -0.25) is 0 Å². The van der Waals surface area contributed by atoms with Crippen LogP contribution in [0.25, 0.3) is 0 Å². The van der Waals surface area contributed by atoms with E-state index in [1.165, 1.54) is 0 Å². The minimum atomic E-state index is 0.665. The summed E-state index contributed by atoms with van der Waals surface area (Å²) in [7, 11) is 1.56. The van der Waals surface area contributed by atoms with Crippen molar-refractivity contribution in [1.82, 2.24) is 0 Å². The molecule has 1 heteroatoms. The lowest BCUT2D eigenvalue weighted by Gasteiger charge is -2.65. The fraction of sp³-hybridized carbons (Fsp3) is 1.00. The van der Waals surface area contributed by atoms with Crippen LogP contribution >= 0.6 is 0 Å². The van der Waals surface area contributed by atoms with Gasteiger partial charge in [-0.1, -0.05) is 66.0 Å². The molecule has 0 spiro atoms. The van der Waals surface area contributed by atoms with Gasteiger partial charge in [0.1, 0.15) is 7.28 Å². The molecule has 6 fully saturated rings.